The lowest BCUT2D eigenvalue weighted by Gasteiger charge is -2.35. The van der Waals surface area contributed by atoms with Gasteiger partial charge in [-0.15, -0.1) is 0 Å². The number of hydrogen-bond acceptors (Lipinski definition) is 4. The first-order valence-corrected chi connectivity index (χ1v) is 6.88. The summed E-state index contributed by atoms with van der Waals surface area (Å²) in [7, 11) is 0. The van der Waals surface area contributed by atoms with Gasteiger partial charge in [-0.1, -0.05) is 0 Å². The molecular formula is C13H23N3O2. The lowest BCUT2D eigenvalue weighted by molar-refractivity contribution is -0.126. The molecule has 2 N–H and O–H groups in total. The molecule has 2 saturated heterocycles. The molecule has 2 aliphatic rings. The molecule has 0 aromatic carbocycles. The second-order valence-electron chi connectivity index (χ2n) is 5.64. The zero-order chi connectivity index (χ0) is 13.1. The van der Waals surface area contributed by atoms with Gasteiger partial charge in [-0.25, -0.2) is 0 Å². The van der Waals surface area contributed by atoms with Crippen LogP contribution in [0.4, 0.5) is 0 Å². The van der Waals surface area contributed by atoms with E-state index in [1.807, 2.05) is 0 Å². The first-order valence-electron chi connectivity index (χ1n) is 6.88. The van der Waals surface area contributed by atoms with Crippen LogP contribution in [-0.4, -0.2) is 48.4 Å². The van der Waals surface area contributed by atoms with Crippen LogP contribution in [0.15, 0.2) is 0 Å². The molecule has 2 aliphatic heterocycles. The van der Waals surface area contributed by atoms with Crippen molar-refractivity contribution in [3.05, 3.63) is 0 Å². The molecule has 2 atom stereocenters. The number of nitrogens with one attached hydrogen (secondary N) is 2. The van der Waals surface area contributed by atoms with Crippen molar-refractivity contribution in [3.63, 3.8) is 0 Å². The Kier molecular flexibility index (Phi) is 4.35. The number of imide groups is 1. The quantitative estimate of drug-likeness (QED) is 0.698. The van der Waals surface area contributed by atoms with Crippen molar-refractivity contribution in [1.29, 1.82) is 0 Å². The maximum atomic E-state index is 11.8. The van der Waals surface area contributed by atoms with Crippen LogP contribution in [0.5, 0.6) is 0 Å². The highest BCUT2D eigenvalue weighted by Crippen LogP contribution is 2.19. The summed E-state index contributed by atoms with van der Waals surface area (Å²) in [6, 6.07) is 0.0213. The van der Waals surface area contributed by atoms with Crippen LogP contribution in [-0.2, 0) is 9.59 Å². The molecule has 0 aliphatic carbocycles. The molecule has 0 radical (unpaired) electrons. The van der Waals surface area contributed by atoms with Crippen LogP contribution in [0.2, 0.25) is 0 Å². The Morgan fingerprint density at radius 3 is 2.67 bits per heavy atom. The summed E-state index contributed by atoms with van der Waals surface area (Å²) in [6.45, 7) is 7.20. The third-order valence-electron chi connectivity index (χ3n) is 3.88. The minimum absolute atomic E-state index is 0.127. The van der Waals surface area contributed by atoms with Crippen LogP contribution in [0.1, 0.15) is 33.1 Å². The predicted octanol–water partition coefficient (Wildman–Crippen LogP) is 0.112. The molecule has 5 nitrogen and oxygen atoms in total. The summed E-state index contributed by atoms with van der Waals surface area (Å²) in [5, 5.41) is 5.80. The number of piperidine rings is 1. The second kappa shape index (κ2) is 5.80. The SMILES string of the molecule is CC(C)N(CC1CCCNC1)C1CC(=O)NC1=O. The summed E-state index contributed by atoms with van der Waals surface area (Å²) in [5.41, 5.74) is 0. The van der Waals surface area contributed by atoms with E-state index >= 15 is 0 Å². The predicted molar refractivity (Wildman–Crippen MR) is 69.0 cm³/mol. The summed E-state index contributed by atoms with van der Waals surface area (Å²) >= 11 is 0. The summed E-state index contributed by atoms with van der Waals surface area (Å²) in [5.74, 6) is 0.319. The van der Waals surface area contributed by atoms with Crippen LogP contribution in [0.3, 0.4) is 0 Å². The van der Waals surface area contributed by atoms with E-state index in [0.717, 1.165) is 19.6 Å². The molecule has 2 rings (SSSR count). The molecule has 0 spiro atoms. The fourth-order valence-electron chi connectivity index (χ4n) is 2.88. The molecule has 2 heterocycles. The van der Waals surface area contributed by atoms with Gasteiger partial charge in [0.25, 0.3) is 0 Å². The van der Waals surface area contributed by atoms with Gasteiger partial charge in [-0.05, 0) is 45.7 Å². The number of amides is 2. The smallest absolute Gasteiger partial charge is 0.244 e. The Balaban J connectivity index is 1.99. The van der Waals surface area contributed by atoms with Crippen LogP contribution < -0.4 is 10.6 Å². The third kappa shape index (κ3) is 3.09. The molecular weight excluding hydrogens is 230 g/mol. The number of carbonyl (C=O) groups is 2. The maximum Gasteiger partial charge on any atom is 0.244 e. The van der Waals surface area contributed by atoms with Gasteiger partial charge >= 0.3 is 0 Å². The molecule has 5 heteroatoms. The molecule has 0 saturated carbocycles. The highest BCUT2D eigenvalue weighted by atomic mass is 16.2. The summed E-state index contributed by atoms with van der Waals surface area (Å²) < 4.78 is 0. The van der Waals surface area contributed by atoms with E-state index in [0.29, 0.717) is 12.3 Å². The number of rotatable bonds is 4. The molecule has 2 unspecified atom stereocenters. The highest BCUT2D eigenvalue weighted by Gasteiger charge is 2.37. The number of hydrogen-bond donors (Lipinski definition) is 2. The van der Waals surface area contributed by atoms with Gasteiger partial charge in [0.1, 0.15) is 0 Å². The van der Waals surface area contributed by atoms with Gasteiger partial charge in [0.05, 0.1) is 12.5 Å². The van der Waals surface area contributed by atoms with E-state index < -0.39 is 0 Å². The number of carbonyl (C=O) groups excluding carboxylic acids is 2. The van der Waals surface area contributed by atoms with Gasteiger partial charge in [0.2, 0.25) is 11.8 Å². The standard InChI is InChI=1S/C13H23N3O2/c1-9(2)16(8-10-4-3-5-14-7-10)11-6-12(17)15-13(11)18/h9-11,14H,3-8H2,1-2H3,(H,15,17,18). The number of nitrogens with zero attached hydrogens (tertiary/aromatic N) is 1. The summed E-state index contributed by atoms with van der Waals surface area (Å²) in [6.07, 6.45) is 2.72. The Labute approximate surface area is 108 Å². The molecule has 18 heavy (non-hydrogen) atoms. The van der Waals surface area contributed by atoms with Gasteiger partial charge in [-0.3, -0.25) is 19.8 Å². The first kappa shape index (κ1) is 13.5. The lowest BCUT2D eigenvalue weighted by atomic mass is 9.97. The Hall–Kier alpha value is -0.940. The van der Waals surface area contributed by atoms with Gasteiger partial charge < -0.3 is 5.32 Å². The average molecular weight is 253 g/mol. The van der Waals surface area contributed by atoms with Gasteiger partial charge in [-0.2, -0.15) is 0 Å². The fraction of sp³-hybridized carbons (Fsp3) is 0.846. The maximum absolute atomic E-state index is 11.8. The zero-order valence-corrected chi connectivity index (χ0v) is 11.2. The molecule has 2 fully saturated rings. The van der Waals surface area contributed by atoms with Crippen LogP contribution in [0, 0.1) is 5.92 Å². The van der Waals surface area contributed by atoms with E-state index in [1.165, 1.54) is 12.8 Å². The second-order valence-corrected chi connectivity index (χ2v) is 5.64. The van der Waals surface area contributed by atoms with Crippen molar-refractivity contribution in [2.75, 3.05) is 19.6 Å². The van der Waals surface area contributed by atoms with Crippen LogP contribution in [0.25, 0.3) is 0 Å². The van der Waals surface area contributed by atoms with Crippen molar-refractivity contribution in [2.24, 2.45) is 5.92 Å². The van der Waals surface area contributed by atoms with E-state index in [-0.39, 0.29) is 23.9 Å². The topological polar surface area (TPSA) is 61.4 Å². The molecule has 0 aromatic heterocycles. The third-order valence-corrected chi connectivity index (χ3v) is 3.88. The van der Waals surface area contributed by atoms with E-state index in [2.05, 4.69) is 29.4 Å². The lowest BCUT2D eigenvalue weighted by Crippen LogP contribution is -2.49. The van der Waals surface area contributed by atoms with Gasteiger partial charge in [0.15, 0.2) is 0 Å². The van der Waals surface area contributed by atoms with E-state index in [4.69, 9.17) is 0 Å². The first-order chi connectivity index (χ1) is 8.58. The summed E-state index contributed by atoms with van der Waals surface area (Å²) in [4.78, 5) is 25.3. The highest BCUT2D eigenvalue weighted by molar-refractivity contribution is 6.05. The average Bonchev–Trinajstić information content (AvgIpc) is 2.66. The zero-order valence-electron chi connectivity index (χ0n) is 11.2. The molecule has 0 bridgehead atoms. The van der Waals surface area contributed by atoms with E-state index in [1.54, 1.807) is 0 Å². The van der Waals surface area contributed by atoms with Gasteiger partial charge in [0, 0.05) is 12.6 Å². The molecule has 102 valence electrons. The van der Waals surface area contributed by atoms with Crippen molar-refractivity contribution >= 4 is 11.8 Å². The monoisotopic (exact) mass is 253 g/mol. The minimum Gasteiger partial charge on any atom is -0.316 e. The molecule has 2 amide bonds. The Morgan fingerprint density at radius 2 is 2.17 bits per heavy atom. The van der Waals surface area contributed by atoms with Crippen molar-refractivity contribution < 1.29 is 9.59 Å². The van der Waals surface area contributed by atoms with Crippen molar-refractivity contribution in [1.82, 2.24) is 15.5 Å². The van der Waals surface area contributed by atoms with E-state index in [9.17, 15) is 9.59 Å². The Morgan fingerprint density at radius 1 is 1.39 bits per heavy atom. The molecule has 0 aromatic rings. The van der Waals surface area contributed by atoms with Crippen molar-refractivity contribution in [2.45, 2.75) is 45.2 Å². The minimum atomic E-state index is -0.264. The Bertz CT molecular complexity index is 324. The normalized spacial score (nSPS) is 29.1. The van der Waals surface area contributed by atoms with Crippen LogP contribution >= 0.6 is 0 Å². The van der Waals surface area contributed by atoms with Crippen molar-refractivity contribution in [3.8, 4) is 0 Å². The largest absolute Gasteiger partial charge is 0.316 e. The fourth-order valence-corrected chi connectivity index (χ4v) is 2.88.